The third-order valence-corrected chi connectivity index (χ3v) is 12.8. The molecular formula is C52H40N5+. The molecule has 0 fully saturated rings. The first-order chi connectivity index (χ1) is 28.2. The standard InChI is InChI=1S/C52H39N5/c1-55-51(34-18-6-3-7-19-34)53-50(33-16-4-2-5-17-33)54-52(55)35-20-14-21-36(32-35)56-44-27-11-9-24-39(44)42-31-30-40-37-22-8-12-28-45(37)57-46-29-13-10-23-38(46)41-25-15-26-43(48(41)57)47(40)49(42)56/h2-27,29-32,39,44-45,52H,28H2,1H3/p+1. The molecule has 5 nitrogen and oxygen atoms in total. The average Bonchev–Trinajstić information content (AvgIpc) is 3.76. The highest BCUT2D eigenvalue weighted by Gasteiger charge is 2.47. The van der Waals surface area contributed by atoms with Crippen molar-refractivity contribution in [2.24, 2.45) is 9.98 Å². The van der Waals surface area contributed by atoms with Crippen molar-refractivity contribution >= 4 is 50.4 Å². The van der Waals surface area contributed by atoms with Crippen LogP contribution in [0.4, 0.5) is 11.4 Å². The lowest BCUT2D eigenvalue weighted by molar-refractivity contribution is -0.775. The van der Waals surface area contributed by atoms with Crippen molar-refractivity contribution in [2.45, 2.75) is 30.6 Å². The molecule has 2 aliphatic carbocycles. The molecule has 0 bridgehead atoms. The number of nitrogens with zero attached hydrogens (tertiary/aromatic N) is 4. The second-order valence-electron chi connectivity index (χ2n) is 15.8. The topological polar surface area (TPSA) is 37.3 Å². The maximum Gasteiger partial charge on any atom is 0.159 e. The van der Waals surface area contributed by atoms with Crippen molar-refractivity contribution in [1.82, 2.24) is 9.47 Å². The van der Waals surface area contributed by atoms with Crippen molar-refractivity contribution in [3.05, 3.63) is 210 Å². The summed E-state index contributed by atoms with van der Waals surface area (Å²) in [6.45, 7) is 0. The number of fused-ring (bicyclic) bond motifs is 12. The van der Waals surface area contributed by atoms with Gasteiger partial charge in [-0.15, -0.1) is 0 Å². The van der Waals surface area contributed by atoms with Crippen LogP contribution >= 0.6 is 0 Å². The van der Waals surface area contributed by atoms with Gasteiger partial charge in [0.05, 0.1) is 23.0 Å². The van der Waals surface area contributed by atoms with E-state index in [1.165, 1.54) is 65.9 Å². The Morgan fingerprint density at radius 3 is 2.33 bits per heavy atom. The van der Waals surface area contributed by atoms with Gasteiger partial charge in [-0.2, -0.15) is 0 Å². The van der Waals surface area contributed by atoms with Gasteiger partial charge in [-0.05, 0) is 35.8 Å². The summed E-state index contributed by atoms with van der Waals surface area (Å²) >= 11 is 0. The smallest absolute Gasteiger partial charge is 0.159 e. The first-order valence-corrected chi connectivity index (χ1v) is 20.1. The Bertz CT molecular complexity index is 2980. The molecule has 12 rings (SSSR count). The van der Waals surface area contributed by atoms with Crippen LogP contribution in [-0.2, 0) is 0 Å². The number of hydrogen-bond donors (Lipinski definition) is 1. The third kappa shape index (κ3) is 4.79. The van der Waals surface area contributed by atoms with E-state index >= 15 is 0 Å². The lowest BCUT2D eigenvalue weighted by Crippen LogP contribution is -3.05. The zero-order valence-corrected chi connectivity index (χ0v) is 31.6. The van der Waals surface area contributed by atoms with Crippen LogP contribution < -0.4 is 4.90 Å². The monoisotopic (exact) mass is 734 g/mol. The second kappa shape index (κ2) is 12.6. The molecule has 3 aliphatic heterocycles. The SMILES string of the molecule is CN1C(c2ccccc2)=NC(c2ccccc2)=NC1c1cccc([NH+]2c3c(ccc4c3-c3cccc5c6ccccc6n(c35)C3CC=CC=C43)C3C=CC=CC32)c1. The van der Waals surface area contributed by atoms with Crippen LogP contribution in [0.25, 0.3) is 38.5 Å². The van der Waals surface area contributed by atoms with Crippen LogP contribution in [0.3, 0.4) is 0 Å². The van der Waals surface area contributed by atoms with Gasteiger partial charge in [0.25, 0.3) is 0 Å². The largest absolute Gasteiger partial charge is 0.333 e. The van der Waals surface area contributed by atoms with Gasteiger partial charge in [-0.3, -0.25) is 4.90 Å². The molecule has 272 valence electrons. The van der Waals surface area contributed by atoms with E-state index in [4.69, 9.17) is 9.98 Å². The molecule has 5 aliphatic rings. The van der Waals surface area contributed by atoms with Crippen molar-refractivity contribution in [1.29, 1.82) is 0 Å². The minimum atomic E-state index is -0.260. The number of benzene rings is 6. The van der Waals surface area contributed by atoms with Gasteiger partial charge in [0, 0.05) is 57.2 Å². The third-order valence-electron chi connectivity index (χ3n) is 12.8. The van der Waals surface area contributed by atoms with Gasteiger partial charge >= 0.3 is 0 Å². The van der Waals surface area contributed by atoms with E-state index < -0.39 is 0 Å². The van der Waals surface area contributed by atoms with E-state index in [9.17, 15) is 0 Å². The molecule has 1 aromatic heterocycles. The van der Waals surface area contributed by atoms with Crippen LogP contribution in [0.1, 0.15) is 52.4 Å². The lowest BCUT2D eigenvalue weighted by Gasteiger charge is -2.33. The van der Waals surface area contributed by atoms with Gasteiger partial charge in [0.2, 0.25) is 0 Å². The van der Waals surface area contributed by atoms with Crippen LogP contribution in [0.15, 0.2) is 192 Å². The molecule has 6 aromatic carbocycles. The van der Waals surface area contributed by atoms with E-state index in [2.05, 4.69) is 193 Å². The molecule has 0 spiro atoms. The fourth-order valence-corrected chi connectivity index (χ4v) is 10.4. The minimum absolute atomic E-state index is 0.213. The molecule has 5 heteroatoms. The maximum atomic E-state index is 5.38. The molecule has 4 heterocycles. The molecule has 0 radical (unpaired) electrons. The summed E-state index contributed by atoms with van der Waals surface area (Å²) < 4.78 is 2.65. The Morgan fingerprint density at radius 1 is 0.684 bits per heavy atom. The number of amidine groups is 2. The zero-order valence-electron chi connectivity index (χ0n) is 31.6. The molecule has 0 saturated carbocycles. The van der Waals surface area contributed by atoms with Crippen molar-refractivity contribution in [3.63, 3.8) is 0 Å². The summed E-state index contributed by atoms with van der Waals surface area (Å²) in [6.07, 6.45) is 17.0. The van der Waals surface area contributed by atoms with E-state index in [-0.39, 0.29) is 24.2 Å². The summed E-state index contributed by atoms with van der Waals surface area (Å²) in [7, 11) is 2.12. The number of quaternary nitrogens is 1. The van der Waals surface area contributed by atoms with Crippen LogP contribution in [0, 0.1) is 0 Å². The summed E-state index contributed by atoms with van der Waals surface area (Å²) in [4.78, 5) is 14.2. The van der Waals surface area contributed by atoms with E-state index in [0.717, 1.165) is 34.8 Å². The normalized spacial score (nSPS) is 22.6. The Morgan fingerprint density at radius 2 is 1.46 bits per heavy atom. The van der Waals surface area contributed by atoms with Gasteiger partial charge in [0.1, 0.15) is 23.3 Å². The molecule has 5 unspecified atom stereocenters. The van der Waals surface area contributed by atoms with Gasteiger partial charge in [-0.25, -0.2) is 9.98 Å². The van der Waals surface area contributed by atoms with Gasteiger partial charge in [-0.1, -0.05) is 158 Å². The van der Waals surface area contributed by atoms with E-state index in [0.29, 0.717) is 0 Å². The molecular weight excluding hydrogens is 695 g/mol. The first-order valence-electron chi connectivity index (χ1n) is 20.1. The molecule has 7 aromatic rings. The van der Waals surface area contributed by atoms with E-state index in [1.807, 2.05) is 6.07 Å². The van der Waals surface area contributed by atoms with Crippen LogP contribution in [-0.4, -0.2) is 34.2 Å². The first kappa shape index (κ1) is 32.4. The number of para-hydroxylation sites is 2. The Balaban J connectivity index is 1.08. The summed E-state index contributed by atoms with van der Waals surface area (Å²) in [6, 6.07) is 51.3. The summed E-state index contributed by atoms with van der Waals surface area (Å²) in [5, 5.41) is 2.64. The maximum absolute atomic E-state index is 5.38. The number of allylic oxidation sites excluding steroid dienone is 6. The molecule has 57 heavy (non-hydrogen) atoms. The Kier molecular flexibility index (Phi) is 7.17. The van der Waals surface area contributed by atoms with Gasteiger partial charge in [0.15, 0.2) is 12.0 Å². The van der Waals surface area contributed by atoms with Crippen molar-refractivity contribution < 1.29 is 4.90 Å². The molecule has 0 amide bonds. The number of rotatable bonds is 4. The number of aromatic nitrogens is 1. The fraction of sp³-hybridized carbons (Fsp3) is 0.115. The molecule has 0 saturated heterocycles. The number of nitrogens with one attached hydrogen (secondary N) is 1. The lowest BCUT2D eigenvalue weighted by atomic mass is 9.84. The van der Waals surface area contributed by atoms with Gasteiger partial charge < -0.3 is 9.47 Å². The Hall–Kier alpha value is -6.82. The summed E-state index contributed by atoms with van der Waals surface area (Å²) in [5.41, 5.74) is 15.3. The van der Waals surface area contributed by atoms with Crippen LogP contribution in [0.5, 0.6) is 0 Å². The zero-order chi connectivity index (χ0) is 37.6. The highest BCUT2D eigenvalue weighted by atomic mass is 15.3. The highest BCUT2D eigenvalue weighted by molar-refractivity contribution is 6.16. The number of hydrogen-bond acceptors (Lipinski definition) is 3. The second-order valence-corrected chi connectivity index (χ2v) is 15.8. The highest BCUT2D eigenvalue weighted by Crippen LogP contribution is 2.53. The minimum Gasteiger partial charge on any atom is -0.333 e. The molecule has 5 atom stereocenters. The Labute approximate surface area is 332 Å². The predicted molar refractivity (Wildman–Crippen MR) is 234 cm³/mol. The van der Waals surface area contributed by atoms with Crippen LogP contribution in [0.2, 0.25) is 0 Å². The quantitative estimate of drug-likeness (QED) is 0.192. The fourth-order valence-electron chi connectivity index (χ4n) is 10.4. The number of aliphatic imine (C=N–C) groups is 2. The average molecular weight is 735 g/mol. The van der Waals surface area contributed by atoms with E-state index in [1.54, 1.807) is 0 Å². The van der Waals surface area contributed by atoms with Crippen molar-refractivity contribution in [3.8, 4) is 11.1 Å². The molecule has 1 N–H and O–H groups in total. The summed E-state index contributed by atoms with van der Waals surface area (Å²) in [5.74, 6) is 1.92. The predicted octanol–water partition coefficient (Wildman–Crippen LogP) is 10.6. The van der Waals surface area contributed by atoms with Crippen molar-refractivity contribution in [2.75, 3.05) is 7.05 Å².